The van der Waals surface area contributed by atoms with Gasteiger partial charge in [-0.3, -0.25) is 14.5 Å². The standard InChI is InChI=1S/C17H13N3O2S2/c1-2-11-10-18-17-19(11)15-9-14(7-8-16(15)24-17)23-13-5-3-12(4-6-13)20(21)22/h3-10H,2H2,1H3. The van der Waals surface area contributed by atoms with Crippen LogP contribution in [0.25, 0.3) is 15.2 Å². The molecule has 0 saturated heterocycles. The lowest BCUT2D eigenvalue weighted by Crippen LogP contribution is -1.88. The van der Waals surface area contributed by atoms with Crippen molar-refractivity contribution >= 4 is 44.0 Å². The normalized spacial score (nSPS) is 11.4. The lowest BCUT2D eigenvalue weighted by atomic mass is 10.3. The van der Waals surface area contributed by atoms with Crippen LogP contribution >= 0.6 is 23.1 Å². The van der Waals surface area contributed by atoms with Crippen molar-refractivity contribution in [2.75, 3.05) is 0 Å². The number of hydrogen-bond donors (Lipinski definition) is 0. The SMILES string of the molecule is CCc1cnc2sc3ccc(Sc4ccc([N+](=O)[O-])cc4)cc3n12. The maximum atomic E-state index is 10.7. The fraction of sp³-hybridized carbons (Fsp3) is 0.118. The molecule has 2 aromatic heterocycles. The first-order chi connectivity index (χ1) is 11.7. The van der Waals surface area contributed by atoms with E-state index in [2.05, 4.69) is 34.5 Å². The topological polar surface area (TPSA) is 60.4 Å². The van der Waals surface area contributed by atoms with Gasteiger partial charge in [-0.05, 0) is 36.8 Å². The van der Waals surface area contributed by atoms with Crippen LogP contribution < -0.4 is 0 Å². The van der Waals surface area contributed by atoms with Crippen molar-refractivity contribution in [1.29, 1.82) is 0 Å². The van der Waals surface area contributed by atoms with Crippen LogP contribution in [0, 0.1) is 10.1 Å². The molecular weight excluding hydrogens is 342 g/mol. The number of imidazole rings is 1. The third-order valence-electron chi connectivity index (χ3n) is 3.82. The van der Waals surface area contributed by atoms with Gasteiger partial charge in [-0.25, -0.2) is 4.98 Å². The zero-order valence-corrected chi connectivity index (χ0v) is 14.4. The van der Waals surface area contributed by atoms with Gasteiger partial charge in [0.2, 0.25) is 0 Å². The van der Waals surface area contributed by atoms with Crippen molar-refractivity contribution in [3.63, 3.8) is 0 Å². The van der Waals surface area contributed by atoms with Gasteiger partial charge >= 0.3 is 0 Å². The number of benzene rings is 2. The lowest BCUT2D eigenvalue weighted by molar-refractivity contribution is -0.384. The van der Waals surface area contributed by atoms with Gasteiger partial charge in [0, 0.05) is 27.6 Å². The summed E-state index contributed by atoms with van der Waals surface area (Å²) in [5.74, 6) is 0. The van der Waals surface area contributed by atoms with E-state index < -0.39 is 0 Å². The van der Waals surface area contributed by atoms with Gasteiger partial charge in [0.15, 0.2) is 4.96 Å². The predicted molar refractivity (Wildman–Crippen MR) is 97.2 cm³/mol. The van der Waals surface area contributed by atoms with Gasteiger partial charge in [-0.2, -0.15) is 0 Å². The minimum absolute atomic E-state index is 0.111. The molecule has 4 rings (SSSR count). The highest BCUT2D eigenvalue weighted by atomic mass is 32.2. The fourth-order valence-corrected chi connectivity index (χ4v) is 4.49. The summed E-state index contributed by atoms with van der Waals surface area (Å²) in [6, 6.07) is 13.0. The van der Waals surface area contributed by atoms with Gasteiger partial charge in [-0.1, -0.05) is 30.0 Å². The number of fused-ring (bicyclic) bond motifs is 3. The summed E-state index contributed by atoms with van der Waals surface area (Å²) in [4.78, 5) is 17.9. The maximum Gasteiger partial charge on any atom is 0.269 e. The van der Waals surface area contributed by atoms with E-state index in [9.17, 15) is 10.1 Å². The monoisotopic (exact) mass is 355 g/mol. The molecule has 24 heavy (non-hydrogen) atoms. The average Bonchev–Trinajstić information content (AvgIpc) is 3.14. The van der Waals surface area contributed by atoms with Gasteiger partial charge < -0.3 is 0 Å². The molecule has 7 heteroatoms. The summed E-state index contributed by atoms with van der Waals surface area (Å²) in [6.45, 7) is 2.13. The van der Waals surface area contributed by atoms with Crippen molar-refractivity contribution < 1.29 is 4.92 Å². The molecule has 0 amide bonds. The number of rotatable bonds is 4. The summed E-state index contributed by atoms with van der Waals surface area (Å²) < 4.78 is 3.42. The van der Waals surface area contributed by atoms with Crippen LogP contribution in [0.15, 0.2) is 58.5 Å². The first-order valence-electron chi connectivity index (χ1n) is 7.47. The Morgan fingerprint density at radius 2 is 1.96 bits per heavy atom. The minimum Gasteiger partial charge on any atom is -0.287 e. The zero-order chi connectivity index (χ0) is 16.7. The van der Waals surface area contributed by atoms with Crippen molar-refractivity contribution in [2.45, 2.75) is 23.1 Å². The number of nitrogens with zero attached hydrogens (tertiary/aromatic N) is 3. The van der Waals surface area contributed by atoms with Crippen LogP contribution in [0.5, 0.6) is 0 Å². The fourth-order valence-electron chi connectivity index (χ4n) is 2.64. The molecule has 0 atom stereocenters. The van der Waals surface area contributed by atoms with E-state index in [0.717, 1.165) is 26.7 Å². The van der Waals surface area contributed by atoms with Crippen molar-refractivity contribution in [3.8, 4) is 0 Å². The Labute approximate surface area is 146 Å². The highest BCUT2D eigenvalue weighted by molar-refractivity contribution is 7.99. The number of non-ortho nitro benzene ring substituents is 1. The quantitative estimate of drug-likeness (QED) is 0.374. The number of nitro groups is 1. The smallest absolute Gasteiger partial charge is 0.269 e. The van der Waals surface area contributed by atoms with E-state index in [0.29, 0.717) is 0 Å². The molecule has 4 aromatic rings. The molecule has 2 aromatic carbocycles. The Hall–Kier alpha value is -2.38. The van der Waals surface area contributed by atoms with Crippen molar-refractivity contribution in [3.05, 3.63) is 64.5 Å². The van der Waals surface area contributed by atoms with Crippen LogP contribution in [-0.2, 0) is 6.42 Å². The van der Waals surface area contributed by atoms with Gasteiger partial charge in [0.25, 0.3) is 5.69 Å². The van der Waals surface area contributed by atoms with E-state index >= 15 is 0 Å². The number of thiazole rings is 1. The minimum atomic E-state index is -0.381. The second-order valence-corrected chi connectivity index (χ2v) is 7.46. The van der Waals surface area contributed by atoms with Crippen LogP contribution in [0.2, 0.25) is 0 Å². The molecule has 0 spiro atoms. The molecule has 0 unspecified atom stereocenters. The van der Waals surface area contributed by atoms with E-state index in [1.54, 1.807) is 35.2 Å². The Balaban J connectivity index is 1.72. The van der Waals surface area contributed by atoms with Crippen LogP contribution in [-0.4, -0.2) is 14.3 Å². The molecule has 0 radical (unpaired) electrons. The number of hydrogen-bond acceptors (Lipinski definition) is 5. The molecule has 0 fully saturated rings. The molecule has 0 aliphatic heterocycles. The Kier molecular flexibility index (Phi) is 3.74. The number of nitro benzene ring substituents is 1. The van der Waals surface area contributed by atoms with Crippen LogP contribution in [0.1, 0.15) is 12.6 Å². The number of aromatic nitrogens is 2. The highest BCUT2D eigenvalue weighted by Gasteiger charge is 2.11. The first kappa shape index (κ1) is 15.2. The zero-order valence-electron chi connectivity index (χ0n) is 12.8. The largest absolute Gasteiger partial charge is 0.287 e. The summed E-state index contributed by atoms with van der Waals surface area (Å²) in [7, 11) is 0. The van der Waals surface area contributed by atoms with E-state index in [1.165, 1.54) is 22.5 Å². The van der Waals surface area contributed by atoms with Crippen molar-refractivity contribution in [1.82, 2.24) is 9.38 Å². The van der Waals surface area contributed by atoms with E-state index in [4.69, 9.17) is 0 Å². The Morgan fingerprint density at radius 3 is 2.67 bits per heavy atom. The first-order valence-corrected chi connectivity index (χ1v) is 9.10. The van der Waals surface area contributed by atoms with Crippen molar-refractivity contribution in [2.24, 2.45) is 0 Å². The second-order valence-electron chi connectivity index (χ2n) is 5.31. The molecule has 0 saturated carbocycles. The summed E-state index contributed by atoms with van der Waals surface area (Å²) >= 11 is 3.28. The lowest BCUT2D eigenvalue weighted by Gasteiger charge is -2.03. The molecule has 0 aliphatic rings. The van der Waals surface area contributed by atoms with Crippen LogP contribution in [0.3, 0.4) is 0 Å². The summed E-state index contributed by atoms with van der Waals surface area (Å²) in [5.41, 5.74) is 2.48. The van der Waals surface area contributed by atoms with Crippen LogP contribution in [0.4, 0.5) is 5.69 Å². The second kappa shape index (κ2) is 5.92. The summed E-state index contributed by atoms with van der Waals surface area (Å²) in [5, 5.41) is 10.7. The van der Waals surface area contributed by atoms with Gasteiger partial charge in [-0.15, -0.1) is 0 Å². The maximum absolute atomic E-state index is 10.7. The third kappa shape index (κ3) is 2.55. The molecule has 0 bridgehead atoms. The summed E-state index contributed by atoms with van der Waals surface area (Å²) in [6.07, 6.45) is 2.87. The highest BCUT2D eigenvalue weighted by Crippen LogP contribution is 2.34. The average molecular weight is 355 g/mol. The Bertz CT molecular complexity index is 1050. The predicted octanol–water partition coefficient (Wildman–Crippen LogP) is 5.17. The molecule has 0 N–H and O–H groups in total. The van der Waals surface area contributed by atoms with Gasteiger partial charge in [0.1, 0.15) is 0 Å². The molecule has 120 valence electrons. The number of aryl methyl sites for hydroxylation is 1. The van der Waals surface area contributed by atoms with Gasteiger partial charge in [0.05, 0.1) is 21.3 Å². The third-order valence-corrected chi connectivity index (χ3v) is 5.85. The van der Waals surface area contributed by atoms with E-state index in [-0.39, 0.29) is 10.6 Å². The molecule has 5 nitrogen and oxygen atoms in total. The Morgan fingerprint density at radius 1 is 1.21 bits per heavy atom. The molecular formula is C17H13N3O2S2. The molecule has 0 aliphatic carbocycles. The molecule has 2 heterocycles. The van der Waals surface area contributed by atoms with E-state index in [1.807, 2.05) is 6.20 Å².